The molecular formula is C18H28N4O6S2. The van der Waals surface area contributed by atoms with Gasteiger partial charge in [-0.3, -0.25) is 0 Å². The van der Waals surface area contributed by atoms with Crippen molar-refractivity contribution >= 4 is 26.3 Å². The molecular weight excluding hydrogens is 432 g/mol. The van der Waals surface area contributed by atoms with E-state index in [1.807, 2.05) is 6.07 Å². The monoisotopic (exact) mass is 460 g/mol. The number of carbonyl (C=O) groups excluding carboxylic acids is 1. The fraction of sp³-hybridized carbons (Fsp3) is 0.611. The number of ether oxygens (including phenoxy) is 1. The number of piperazine rings is 2. The Morgan fingerprint density at radius 1 is 0.833 bits per heavy atom. The third-order valence-electron chi connectivity index (χ3n) is 5.20. The predicted octanol–water partition coefficient (Wildman–Crippen LogP) is 0.153. The Bertz CT molecular complexity index is 923. The second-order valence-corrected chi connectivity index (χ2v) is 11.0. The second kappa shape index (κ2) is 9.60. The zero-order valence-corrected chi connectivity index (χ0v) is 18.6. The molecule has 0 radical (unpaired) electrons. The first-order valence-corrected chi connectivity index (χ1v) is 12.9. The van der Waals surface area contributed by atoms with E-state index in [0.717, 1.165) is 0 Å². The molecule has 0 atom stereocenters. The van der Waals surface area contributed by atoms with Crippen LogP contribution in [0.5, 0.6) is 0 Å². The van der Waals surface area contributed by atoms with Crippen LogP contribution in [0.2, 0.25) is 0 Å². The van der Waals surface area contributed by atoms with Crippen LogP contribution in [0.25, 0.3) is 0 Å². The lowest BCUT2D eigenvalue weighted by Crippen LogP contribution is -2.58. The maximum Gasteiger partial charge on any atom is 0.409 e. The van der Waals surface area contributed by atoms with Gasteiger partial charge in [0.15, 0.2) is 0 Å². The number of nitrogens with zero attached hydrogens (tertiary/aromatic N) is 4. The van der Waals surface area contributed by atoms with E-state index >= 15 is 0 Å². The number of hydrogen-bond acceptors (Lipinski definition) is 6. The minimum atomic E-state index is -3.71. The molecule has 2 fully saturated rings. The highest BCUT2D eigenvalue weighted by molar-refractivity contribution is 7.88. The van der Waals surface area contributed by atoms with E-state index in [0.29, 0.717) is 5.56 Å². The molecule has 0 unspecified atom stereocenters. The van der Waals surface area contributed by atoms with Gasteiger partial charge in [0.25, 0.3) is 10.2 Å². The maximum absolute atomic E-state index is 12.9. The third kappa shape index (κ3) is 5.30. The molecule has 12 heteroatoms. The smallest absolute Gasteiger partial charge is 0.409 e. The average Bonchev–Trinajstić information content (AvgIpc) is 2.74. The molecule has 1 amide bonds. The van der Waals surface area contributed by atoms with E-state index < -0.39 is 26.3 Å². The quantitative estimate of drug-likeness (QED) is 0.598. The zero-order valence-electron chi connectivity index (χ0n) is 17.0. The topological polar surface area (TPSA) is 108 Å². The lowest BCUT2D eigenvalue weighted by atomic mass is 10.2. The van der Waals surface area contributed by atoms with Crippen LogP contribution in [-0.2, 0) is 30.7 Å². The van der Waals surface area contributed by atoms with E-state index in [-0.39, 0.29) is 64.7 Å². The van der Waals surface area contributed by atoms with Crippen molar-refractivity contribution in [2.24, 2.45) is 0 Å². The van der Waals surface area contributed by atoms with Crippen LogP contribution in [0.3, 0.4) is 0 Å². The van der Waals surface area contributed by atoms with Gasteiger partial charge in [0.2, 0.25) is 10.0 Å². The van der Waals surface area contributed by atoms with Gasteiger partial charge in [0, 0.05) is 52.4 Å². The number of rotatable bonds is 6. The summed E-state index contributed by atoms with van der Waals surface area (Å²) in [6.45, 7) is 3.36. The van der Waals surface area contributed by atoms with Gasteiger partial charge in [0.05, 0.1) is 12.4 Å². The van der Waals surface area contributed by atoms with Gasteiger partial charge in [-0.25, -0.2) is 13.2 Å². The third-order valence-corrected chi connectivity index (χ3v) is 9.09. The van der Waals surface area contributed by atoms with Gasteiger partial charge in [-0.05, 0) is 12.5 Å². The highest BCUT2D eigenvalue weighted by atomic mass is 32.2. The highest BCUT2D eigenvalue weighted by Crippen LogP contribution is 2.18. The predicted molar refractivity (Wildman–Crippen MR) is 111 cm³/mol. The standard InChI is InChI=1S/C18H28N4O6S2/c1-2-28-18(23)19-8-10-21(11-9-19)30(26,27)22-14-12-20(13-15-22)29(24,25)16-17-6-4-3-5-7-17/h3-7H,2,8-16H2,1H3. The van der Waals surface area contributed by atoms with Gasteiger partial charge in [-0.1, -0.05) is 30.3 Å². The molecule has 0 spiro atoms. The molecule has 2 saturated heterocycles. The summed E-state index contributed by atoms with van der Waals surface area (Å²) in [5.74, 6) is -0.101. The number of amides is 1. The van der Waals surface area contributed by atoms with Crippen LogP contribution in [-0.4, -0.2) is 99.7 Å². The van der Waals surface area contributed by atoms with E-state index in [1.165, 1.54) is 17.8 Å². The molecule has 2 heterocycles. The van der Waals surface area contributed by atoms with Crippen LogP contribution in [0.1, 0.15) is 12.5 Å². The molecule has 1 aromatic carbocycles. The molecule has 0 N–H and O–H groups in total. The number of sulfonamides is 1. The number of hydrogen-bond donors (Lipinski definition) is 0. The fourth-order valence-corrected chi connectivity index (χ4v) is 6.63. The highest BCUT2D eigenvalue weighted by Gasteiger charge is 2.37. The van der Waals surface area contributed by atoms with Gasteiger partial charge in [-0.15, -0.1) is 0 Å². The summed E-state index contributed by atoms with van der Waals surface area (Å²) in [5, 5.41) is 0. The molecule has 0 aromatic heterocycles. The van der Waals surface area contributed by atoms with E-state index in [2.05, 4.69) is 0 Å². The van der Waals surface area contributed by atoms with Crippen molar-refractivity contribution < 1.29 is 26.4 Å². The summed E-state index contributed by atoms with van der Waals surface area (Å²) >= 11 is 0. The van der Waals surface area contributed by atoms with Crippen molar-refractivity contribution in [3.05, 3.63) is 35.9 Å². The fourth-order valence-electron chi connectivity index (χ4n) is 3.53. The van der Waals surface area contributed by atoms with Crippen LogP contribution >= 0.6 is 0 Å². The van der Waals surface area contributed by atoms with Gasteiger partial charge < -0.3 is 9.64 Å². The van der Waals surface area contributed by atoms with Gasteiger partial charge >= 0.3 is 6.09 Å². The van der Waals surface area contributed by atoms with Crippen LogP contribution in [0, 0.1) is 0 Å². The SMILES string of the molecule is CCOC(=O)N1CCN(S(=O)(=O)N2CCN(S(=O)(=O)Cc3ccccc3)CC2)CC1. The first-order chi connectivity index (χ1) is 14.2. The van der Waals surface area contributed by atoms with E-state index in [4.69, 9.17) is 4.74 Å². The molecule has 30 heavy (non-hydrogen) atoms. The lowest BCUT2D eigenvalue weighted by Gasteiger charge is -2.39. The molecule has 0 bridgehead atoms. The molecule has 1 aromatic rings. The molecule has 2 aliphatic rings. The van der Waals surface area contributed by atoms with Crippen LogP contribution in [0.15, 0.2) is 30.3 Å². The summed E-state index contributed by atoms with van der Waals surface area (Å²) in [6, 6.07) is 8.92. The van der Waals surface area contributed by atoms with Crippen molar-refractivity contribution in [1.29, 1.82) is 0 Å². The van der Waals surface area contributed by atoms with Crippen LogP contribution in [0.4, 0.5) is 4.79 Å². The number of benzene rings is 1. The summed E-state index contributed by atoms with van der Waals surface area (Å²) in [5.41, 5.74) is 0.701. The molecule has 2 aliphatic heterocycles. The zero-order chi connectivity index (χ0) is 21.8. The largest absolute Gasteiger partial charge is 0.450 e. The summed E-state index contributed by atoms with van der Waals surface area (Å²) in [7, 11) is -7.22. The Morgan fingerprint density at radius 3 is 1.87 bits per heavy atom. The van der Waals surface area contributed by atoms with Crippen molar-refractivity contribution in [1.82, 2.24) is 17.8 Å². The normalized spacial score (nSPS) is 20.2. The van der Waals surface area contributed by atoms with Crippen LogP contribution < -0.4 is 0 Å². The maximum atomic E-state index is 12.9. The summed E-state index contributed by atoms with van der Waals surface area (Å²) in [6.07, 6.45) is -0.438. The van der Waals surface area contributed by atoms with Gasteiger partial charge in [-0.2, -0.15) is 21.3 Å². The Balaban J connectivity index is 1.54. The van der Waals surface area contributed by atoms with E-state index in [9.17, 15) is 21.6 Å². The van der Waals surface area contributed by atoms with Crippen molar-refractivity contribution in [3.63, 3.8) is 0 Å². The molecule has 3 rings (SSSR count). The Kier molecular flexibility index (Phi) is 7.34. The first-order valence-electron chi connectivity index (χ1n) is 9.92. The summed E-state index contributed by atoms with van der Waals surface area (Å²) < 4.78 is 60.2. The second-order valence-electron chi connectivity index (χ2n) is 7.13. The summed E-state index contributed by atoms with van der Waals surface area (Å²) in [4.78, 5) is 13.3. The minimum Gasteiger partial charge on any atom is -0.450 e. The van der Waals surface area contributed by atoms with Crippen molar-refractivity contribution in [3.8, 4) is 0 Å². The number of carbonyl (C=O) groups is 1. The molecule has 10 nitrogen and oxygen atoms in total. The van der Waals surface area contributed by atoms with Crippen molar-refractivity contribution in [2.45, 2.75) is 12.7 Å². The minimum absolute atomic E-state index is 0.101. The molecule has 0 aliphatic carbocycles. The molecule has 0 saturated carbocycles. The van der Waals surface area contributed by atoms with Crippen molar-refractivity contribution in [2.75, 3.05) is 59.0 Å². The Labute approximate surface area is 178 Å². The molecule has 168 valence electrons. The van der Waals surface area contributed by atoms with Gasteiger partial charge in [0.1, 0.15) is 0 Å². The Hall–Kier alpha value is -1.73. The van der Waals surface area contributed by atoms with E-state index in [1.54, 1.807) is 31.2 Å². The first kappa shape index (κ1) is 22.9. The lowest BCUT2D eigenvalue weighted by molar-refractivity contribution is 0.0921. The average molecular weight is 461 g/mol. The Morgan fingerprint density at radius 2 is 1.33 bits per heavy atom.